The number of rotatable bonds is 2. The number of halogens is 2. The zero-order valence-electron chi connectivity index (χ0n) is 6.77. The van der Waals surface area contributed by atoms with Gasteiger partial charge in [0.15, 0.2) is 0 Å². The van der Waals surface area contributed by atoms with Crippen LogP contribution >= 0.6 is 15.9 Å². The summed E-state index contributed by atoms with van der Waals surface area (Å²) in [5.41, 5.74) is 0.635. The zero-order chi connectivity index (χ0) is 9.14. The standard InChI is InChI=1S/C9H10BrFO/c1-2-3-7-8(10)4-6(12)5-9(7)11/h4-5,12H,2-3H2,1H3. The van der Waals surface area contributed by atoms with Crippen molar-refractivity contribution in [3.05, 3.63) is 28.0 Å². The van der Waals surface area contributed by atoms with Gasteiger partial charge in [0, 0.05) is 16.1 Å². The molecule has 0 fully saturated rings. The molecule has 1 N–H and O–H groups in total. The van der Waals surface area contributed by atoms with Crippen molar-refractivity contribution in [1.29, 1.82) is 0 Å². The minimum atomic E-state index is -0.344. The Morgan fingerprint density at radius 2 is 2.17 bits per heavy atom. The van der Waals surface area contributed by atoms with Gasteiger partial charge in [-0.25, -0.2) is 4.39 Å². The lowest BCUT2D eigenvalue weighted by Gasteiger charge is -2.04. The molecule has 0 unspecified atom stereocenters. The van der Waals surface area contributed by atoms with Crippen LogP contribution in [-0.4, -0.2) is 5.11 Å². The summed E-state index contributed by atoms with van der Waals surface area (Å²) in [6.45, 7) is 1.98. The van der Waals surface area contributed by atoms with E-state index in [9.17, 15) is 4.39 Å². The van der Waals surface area contributed by atoms with E-state index in [1.807, 2.05) is 6.92 Å². The van der Waals surface area contributed by atoms with E-state index in [0.717, 1.165) is 12.5 Å². The van der Waals surface area contributed by atoms with Crippen LogP contribution in [0, 0.1) is 5.82 Å². The SMILES string of the molecule is CCCc1c(F)cc(O)cc1Br. The van der Waals surface area contributed by atoms with E-state index >= 15 is 0 Å². The van der Waals surface area contributed by atoms with Crippen molar-refractivity contribution in [2.24, 2.45) is 0 Å². The molecule has 0 heterocycles. The molecule has 0 aliphatic heterocycles. The van der Waals surface area contributed by atoms with Gasteiger partial charge in [-0.3, -0.25) is 0 Å². The fourth-order valence-electron chi connectivity index (χ4n) is 1.08. The van der Waals surface area contributed by atoms with Crippen LogP contribution in [0.2, 0.25) is 0 Å². The Morgan fingerprint density at radius 3 is 2.67 bits per heavy atom. The Hall–Kier alpha value is -0.570. The van der Waals surface area contributed by atoms with E-state index in [1.54, 1.807) is 0 Å². The van der Waals surface area contributed by atoms with Crippen LogP contribution in [0.15, 0.2) is 16.6 Å². The quantitative estimate of drug-likeness (QED) is 0.831. The average molecular weight is 233 g/mol. The minimum absolute atomic E-state index is 0.0424. The second kappa shape index (κ2) is 3.90. The van der Waals surface area contributed by atoms with Crippen molar-refractivity contribution < 1.29 is 9.50 Å². The van der Waals surface area contributed by atoms with Crippen molar-refractivity contribution in [3.63, 3.8) is 0 Å². The third kappa shape index (κ3) is 1.97. The van der Waals surface area contributed by atoms with E-state index in [-0.39, 0.29) is 11.6 Å². The average Bonchev–Trinajstić information content (AvgIpc) is 1.96. The van der Waals surface area contributed by atoms with Crippen LogP contribution in [-0.2, 0) is 6.42 Å². The third-order valence-corrected chi connectivity index (χ3v) is 2.33. The lowest BCUT2D eigenvalue weighted by Crippen LogP contribution is -1.90. The van der Waals surface area contributed by atoms with Crippen molar-refractivity contribution in [2.75, 3.05) is 0 Å². The molecule has 1 rings (SSSR count). The van der Waals surface area contributed by atoms with Gasteiger partial charge >= 0.3 is 0 Å². The highest BCUT2D eigenvalue weighted by Gasteiger charge is 2.07. The predicted octanol–water partition coefficient (Wildman–Crippen LogP) is 3.25. The molecule has 0 radical (unpaired) electrons. The first-order valence-corrected chi connectivity index (χ1v) is 4.61. The normalized spacial score (nSPS) is 10.2. The highest BCUT2D eigenvalue weighted by atomic mass is 79.9. The smallest absolute Gasteiger partial charge is 0.131 e. The maximum absolute atomic E-state index is 13.1. The molecule has 0 spiro atoms. The van der Waals surface area contributed by atoms with Crippen molar-refractivity contribution in [1.82, 2.24) is 0 Å². The van der Waals surface area contributed by atoms with Crippen LogP contribution < -0.4 is 0 Å². The second-order valence-corrected chi connectivity index (χ2v) is 3.49. The van der Waals surface area contributed by atoms with E-state index < -0.39 is 0 Å². The Morgan fingerprint density at radius 1 is 1.50 bits per heavy atom. The topological polar surface area (TPSA) is 20.2 Å². The van der Waals surface area contributed by atoms with Crippen LogP contribution in [0.3, 0.4) is 0 Å². The summed E-state index contributed by atoms with van der Waals surface area (Å²) in [5.74, 6) is -0.386. The second-order valence-electron chi connectivity index (χ2n) is 2.64. The summed E-state index contributed by atoms with van der Waals surface area (Å²) < 4.78 is 13.7. The minimum Gasteiger partial charge on any atom is -0.508 e. The Bertz CT molecular complexity index is 263. The fourth-order valence-corrected chi connectivity index (χ4v) is 1.70. The van der Waals surface area contributed by atoms with Crippen LogP contribution in [0.1, 0.15) is 18.9 Å². The van der Waals surface area contributed by atoms with Gasteiger partial charge in [0.1, 0.15) is 11.6 Å². The molecule has 0 aliphatic rings. The van der Waals surface area contributed by atoms with Gasteiger partial charge in [-0.2, -0.15) is 0 Å². The monoisotopic (exact) mass is 232 g/mol. The molecule has 0 atom stereocenters. The summed E-state index contributed by atoms with van der Waals surface area (Å²) in [5, 5.41) is 9.02. The molecule has 1 nitrogen and oxygen atoms in total. The summed E-state index contributed by atoms with van der Waals surface area (Å²) in [6, 6.07) is 2.64. The Kier molecular flexibility index (Phi) is 3.09. The molecular formula is C9H10BrFO. The summed E-state index contributed by atoms with van der Waals surface area (Å²) in [4.78, 5) is 0. The molecule has 0 saturated heterocycles. The molecule has 0 aliphatic carbocycles. The van der Waals surface area contributed by atoms with Crippen molar-refractivity contribution in [3.8, 4) is 5.75 Å². The molecule has 1 aromatic rings. The Balaban J connectivity index is 3.10. The number of benzene rings is 1. The van der Waals surface area contributed by atoms with Crippen molar-refractivity contribution >= 4 is 15.9 Å². The number of aromatic hydroxyl groups is 1. The summed E-state index contributed by atoms with van der Waals surface area (Å²) >= 11 is 3.20. The lowest BCUT2D eigenvalue weighted by atomic mass is 10.1. The summed E-state index contributed by atoms with van der Waals surface area (Å²) in [7, 11) is 0. The molecule has 12 heavy (non-hydrogen) atoms. The molecule has 1 aromatic carbocycles. The number of phenolic OH excluding ortho intramolecular Hbond substituents is 1. The molecule has 0 amide bonds. The van der Waals surface area contributed by atoms with E-state index in [2.05, 4.69) is 15.9 Å². The van der Waals surface area contributed by atoms with Gasteiger partial charge < -0.3 is 5.11 Å². The molecule has 0 bridgehead atoms. The first-order chi connectivity index (χ1) is 5.65. The van der Waals surface area contributed by atoms with Crippen LogP contribution in [0.5, 0.6) is 5.75 Å². The first-order valence-electron chi connectivity index (χ1n) is 3.82. The molecule has 3 heteroatoms. The number of hydrogen-bond acceptors (Lipinski definition) is 1. The van der Waals surface area contributed by atoms with E-state index in [1.165, 1.54) is 6.07 Å². The first kappa shape index (κ1) is 9.52. The van der Waals surface area contributed by atoms with E-state index in [0.29, 0.717) is 16.5 Å². The molecule has 0 saturated carbocycles. The largest absolute Gasteiger partial charge is 0.508 e. The van der Waals surface area contributed by atoms with Gasteiger partial charge in [0.25, 0.3) is 0 Å². The highest BCUT2D eigenvalue weighted by molar-refractivity contribution is 9.10. The van der Waals surface area contributed by atoms with Crippen LogP contribution in [0.25, 0.3) is 0 Å². The van der Waals surface area contributed by atoms with Gasteiger partial charge in [-0.1, -0.05) is 29.3 Å². The maximum atomic E-state index is 13.1. The third-order valence-electron chi connectivity index (χ3n) is 1.63. The molecule has 66 valence electrons. The van der Waals surface area contributed by atoms with E-state index in [4.69, 9.17) is 5.11 Å². The zero-order valence-corrected chi connectivity index (χ0v) is 8.36. The van der Waals surface area contributed by atoms with Gasteiger partial charge in [-0.05, 0) is 12.5 Å². The van der Waals surface area contributed by atoms with Crippen LogP contribution in [0.4, 0.5) is 4.39 Å². The maximum Gasteiger partial charge on any atom is 0.131 e. The number of phenols is 1. The van der Waals surface area contributed by atoms with Crippen molar-refractivity contribution in [2.45, 2.75) is 19.8 Å². The number of hydrogen-bond donors (Lipinski definition) is 1. The lowest BCUT2D eigenvalue weighted by molar-refractivity contribution is 0.467. The van der Waals surface area contributed by atoms with Gasteiger partial charge in [0.05, 0.1) is 0 Å². The van der Waals surface area contributed by atoms with Gasteiger partial charge in [-0.15, -0.1) is 0 Å². The molecular weight excluding hydrogens is 223 g/mol. The summed E-state index contributed by atoms with van der Waals surface area (Å²) in [6.07, 6.45) is 1.58. The van der Waals surface area contributed by atoms with Gasteiger partial charge in [0.2, 0.25) is 0 Å². The molecule has 0 aromatic heterocycles. The highest BCUT2D eigenvalue weighted by Crippen LogP contribution is 2.26. The predicted molar refractivity (Wildman–Crippen MR) is 49.8 cm³/mol. The Labute approximate surface area is 79.4 Å². The fraction of sp³-hybridized carbons (Fsp3) is 0.333.